The molecular formula is C11H18NO3+. The van der Waals surface area contributed by atoms with E-state index >= 15 is 0 Å². The van der Waals surface area contributed by atoms with Crippen LogP contribution in [0.5, 0.6) is 11.5 Å². The van der Waals surface area contributed by atoms with E-state index in [1.807, 2.05) is 31.2 Å². The molecular weight excluding hydrogens is 194 g/mol. The summed E-state index contributed by atoms with van der Waals surface area (Å²) in [7, 11) is 0. The predicted molar refractivity (Wildman–Crippen MR) is 56.9 cm³/mol. The van der Waals surface area contributed by atoms with Crippen LogP contribution < -0.4 is 15.2 Å². The first-order valence-corrected chi connectivity index (χ1v) is 5.09. The molecule has 0 saturated carbocycles. The standard InChI is InChI=1S/C11H17NO3/c1-2-14-10-5-3-4-6-11(10)15-8-9(13)7-12/h3-6,9,13H,2,7-8,12H2,1H3/p+1/t9-/m0/s1. The molecule has 0 heterocycles. The zero-order valence-corrected chi connectivity index (χ0v) is 8.98. The molecule has 0 aliphatic rings. The van der Waals surface area contributed by atoms with Crippen molar-refractivity contribution in [3.8, 4) is 11.5 Å². The van der Waals surface area contributed by atoms with Crippen molar-refractivity contribution in [2.24, 2.45) is 0 Å². The van der Waals surface area contributed by atoms with Crippen LogP contribution in [0.25, 0.3) is 0 Å². The zero-order chi connectivity index (χ0) is 11.1. The van der Waals surface area contributed by atoms with Crippen molar-refractivity contribution in [3.63, 3.8) is 0 Å². The molecule has 0 bridgehead atoms. The van der Waals surface area contributed by atoms with Crippen molar-refractivity contribution in [1.82, 2.24) is 0 Å². The van der Waals surface area contributed by atoms with Crippen molar-refractivity contribution in [2.45, 2.75) is 13.0 Å². The molecule has 0 aliphatic carbocycles. The third-order valence-electron chi connectivity index (χ3n) is 1.91. The van der Waals surface area contributed by atoms with Crippen LogP contribution in [0.4, 0.5) is 0 Å². The van der Waals surface area contributed by atoms with Gasteiger partial charge in [0.15, 0.2) is 11.5 Å². The summed E-state index contributed by atoms with van der Waals surface area (Å²) in [6, 6.07) is 7.42. The molecule has 1 aromatic carbocycles. The fourth-order valence-electron chi connectivity index (χ4n) is 1.11. The number of benzene rings is 1. The van der Waals surface area contributed by atoms with Gasteiger partial charge in [0.25, 0.3) is 0 Å². The summed E-state index contributed by atoms with van der Waals surface area (Å²) in [5.74, 6) is 1.36. The molecule has 0 amide bonds. The fourth-order valence-corrected chi connectivity index (χ4v) is 1.11. The third-order valence-corrected chi connectivity index (χ3v) is 1.91. The minimum atomic E-state index is -0.528. The van der Waals surface area contributed by atoms with E-state index in [-0.39, 0.29) is 6.61 Å². The molecule has 1 aromatic rings. The maximum absolute atomic E-state index is 9.31. The molecule has 0 spiro atoms. The molecule has 4 nitrogen and oxygen atoms in total. The second kappa shape index (κ2) is 6.27. The lowest BCUT2D eigenvalue weighted by molar-refractivity contribution is -0.384. The van der Waals surface area contributed by atoms with E-state index in [0.29, 0.717) is 24.7 Å². The van der Waals surface area contributed by atoms with Gasteiger partial charge in [0.1, 0.15) is 19.3 Å². The van der Waals surface area contributed by atoms with Crippen LogP contribution in [0, 0.1) is 0 Å². The highest BCUT2D eigenvalue weighted by Gasteiger charge is 2.07. The molecule has 4 N–H and O–H groups in total. The highest BCUT2D eigenvalue weighted by Crippen LogP contribution is 2.26. The Morgan fingerprint density at radius 2 is 1.87 bits per heavy atom. The lowest BCUT2D eigenvalue weighted by atomic mass is 10.3. The first-order chi connectivity index (χ1) is 7.27. The number of ether oxygens (including phenoxy) is 2. The van der Waals surface area contributed by atoms with E-state index in [2.05, 4.69) is 5.73 Å². The Bertz CT molecular complexity index is 291. The van der Waals surface area contributed by atoms with Crippen molar-refractivity contribution in [2.75, 3.05) is 19.8 Å². The topological polar surface area (TPSA) is 66.3 Å². The second-order valence-electron chi connectivity index (χ2n) is 3.13. The molecule has 15 heavy (non-hydrogen) atoms. The number of quaternary nitrogens is 1. The largest absolute Gasteiger partial charge is 0.490 e. The van der Waals surface area contributed by atoms with E-state index in [4.69, 9.17) is 9.47 Å². The molecule has 0 aliphatic heterocycles. The van der Waals surface area contributed by atoms with Gasteiger partial charge in [0.05, 0.1) is 6.61 Å². The van der Waals surface area contributed by atoms with Crippen LogP contribution in [0.1, 0.15) is 6.92 Å². The van der Waals surface area contributed by atoms with E-state index in [0.717, 1.165) is 0 Å². The quantitative estimate of drug-likeness (QED) is 0.701. The summed E-state index contributed by atoms with van der Waals surface area (Å²) in [4.78, 5) is 0. The normalized spacial score (nSPS) is 12.2. The van der Waals surface area contributed by atoms with Crippen molar-refractivity contribution >= 4 is 0 Å². The average Bonchev–Trinajstić information content (AvgIpc) is 2.28. The summed E-state index contributed by atoms with van der Waals surface area (Å²) in [6.45, 7) is 3.20. The van der Waals surface area contributed by atoms with Crippen LogP contribution in [0.15, 0.2) is 24.3 Å². The van der Waals surface area contributed by atoms with E-state index in [9.17, 15) is 5.11 Å². The Kier molecular flexibility index (Phi) is 4.93. The number of hydrogen-bond acceptors (Lipinski definition) is 3. The molecule has 0 saturated heterocycles. The predicted octanol–water partition coefficient (Wildman–Crippen LogP) is 0.0669. The number of aliphatic hydroxyl groups is 1. The smallest absolute Gasteiger partial charge is 0.161 e. The molecule has 4 heteroatoms. The van der Waals surface area contributed by atoms with Crippen LogP contribution in [0.2, 0.25) is 0 Å². The van der Waals surface area contributed by atoms with Gasteiger partial charge in [-0.25, -0.2) is 0 Å². The Hall–Kier alpha value is -1.26. The number of para-hydroxylation sites is 2. The molecule has 0 radical (unpaired) electrons. The van der Waals surface area contributed by atoms with E-state index in [1.54, 1.807) is 0 Å². The van der Waals surface area contributed by atoms with Gasteiger partial charge in [0, 0.05) is 0 Å². The second-order valence-corrected chi connectivity index (χ2v) is 3.13. The minimum Gasteiger partial charge on any atom is -0.490 e. The molecule has 0 aromatic heterocycles. The molecule has 0 unspecified atom stereocenters. The van der Waals surface area contributed by atoms with Gasteiger partial charge < -0.3 is 20.3 Å². The van der Waals surface area contributed by atoms with Gasteiger partial charge >= 0.3 is 0 Å². The fraction of sp³-hybridized carbons (Fsp3) is 0.455. The summed E-state index contributed by atoms with van der Waals surface area (Å²) < 4.78 is 10.8. The molecule has 1 rings (SSSR count). The maximum Gasteiger partial charge on any atom is 0.161 e. The Morgan fingerprint density at radius 3 is 2.40 bits per heavy atom. The molecule has 0 fully saturated rings. The van der Waals surface area contributed by atoms with Crippen molar-refractivity contribution < 1.29 is 20.3 Å². The highest BCUT2D eigenvalue weighted by atomic mass is 16.5. The van der Waals surface area contributed by atoms with Gasteiger partial charge in [-0.2, -0.15) is 0 Å². The van der Waals surface area contributed by atoms with Crippen molar-refractivity contribution in [3.05, 3.63) is 24.3 Å². The minimum absolute atomic E-state index is 0.244. The summed E-state index contributed by atoms with van der Waals surface area (Å²) in [5, 5.41) is 9.31. The van der Waals surface area contributed by atoms with E-state index < -0.39 is 6.10 Å². The number of aliphatic hydroxyl groups excluding tert-OH is 1. The Morgan fingerprint density at radius 1 is 1.27 bits per heavy atom. The van der Waals surface area contributed by atoms with Gasteiger partial charge in [0.2, 0.25) is 0 Å². The first-order valence-electron chi connectivity index (χ1n) is 5.09. The third kappa shape index (κ3) is 3.77. The lowest BCUT2D eigenvalue weighted by Gasteiger charge is -2.12. The van der Waals surface area contributed by atoms with E-state index in [1.165, 1.54) is 0 Å². The van der Waals surface area contributed by atoms with Crippen LogP contribution in [-0.4, -0.2) is 31.0 Å². The zero-order valence-electron chi connectivity index (χ0n) is 8.98. The van der Waals surface area contributed by atoms with Gasteiger partial charge in [-0.1, -0.05) is 12.1 Å². The summed E-state index contributed by atoms with van der Waals surface area (Å²) >= 11 is 0. The summed E-state index contributed by atoms with van der Waals surface area (Å²) in [6.07, 6.45) is -0.528. The number of hydrogen-bond donors (Lipinski definition) is 2. The van der Waals surface area contributed by atoms with Crippen molar-refractivity contribution in [1.29, 1.82) is 0 Å². The number of rotatable bonds is 6. The monoisotopic (exact) mass is 212 g/mol. The lowest BCUT2D eigenvalue weighted by Crippen LogP contribution is -2.56. The first kappa shape index (κ1) is 11.8. The van der Waals surface area contributed by atoms with Crippen LogP contribution >= 0.6 is 0 Å². The van der Waals surface area contributed by atoms with Crippen LogP contribution in [0.3, 0.4) is 0 Å². The van der Waals surface area contributed by atoms with Gasteiger partial charge in [-0.3, -0.25) is 0 Å². The average molecular weight is 212 g/mol. The van der Waals surface area contributed by atoms with Gasteiger partial charge in [-0.05, 0) is 19.1 Å². The molecule has 84 valence electrons. The Balaban J connectivity index is 2.58. The summed E-state index contributed by atoms with van der Waals surface area (Å²) in [5.41, 5.74) is 3.60. The highest BCUT2D eigenvalue weighted by molar-refractivity contribution is 5.39. The van der Waals surface area contributed by atoms with Crippen LogP contribution in [-0.2, 0) is 0 Å². The Labute approximate surface area is 89.6 Å². The molecule has 1 atom stereocenters. The van der Waals surface area contributed by atoms with Gasteiger partial charge in [-0.15, -0.1) is 0 Å². The SMILES string of the molecule is CCOc1ccccc1OC[C@@H](O)C[NH3+]. The maximum atomic E-state index is 9.31.